The average Bonchev–Trinajstić information content (AvgIpc) is 3.32. The first-order valence-electron chi connectivity index (χ1n) is 9.13. The van der Waals surface area contributed by atoms with Crippen LogP contribution in [0.3, 0.4) is 0 Å². The highest BCUT2D eigenvalue weighted by atomic mass is 16.7. The molecular weight excluding hydrogens is 316 g/mol. The third kappa shape index (κ3) is 2.51. The van der Waals surface area contributed by atoms with E-state index in [-0.39, 0.29) is 11.5 Å². The van der Waals surface area contributed by atoms with Crippen molar-refractivity contribution < 1.29 is 9.63 Å². The van der Waals surface area contributed by atoms with Crippen LogP contribution < -0.4 is 0 Å². The number of oxime groups is 1. The van der Waals surface area contributed by atoms with Crippen LogP contribution in [0.1, 0.15) is 48.2 Å². The monoisotopic (exact) mass is 338 g/mol. The van der Waals surface area contributed by atoms with Crippen molar-refractivity contribution in [3.05, 3.63) is 29.5 Å². The lowest BCUT2D eigenvalue weighted by Crippen LogP contribution is -2.46. The number of H-pyrrole nitrogens is 1. The van der Waals surface area contributed by atoms with Gasteiger partial charge in [0, 0.05) is 54.9 Å². The largest absolute Gasteiger partial charge is 0.389 e. The molecule has 1 saturated carbocycles. The number of piperidine rings is 1. The van der Waals surface area contributed by atoms with Crippen LogP contribution in [0, 0.1) is 12.8 Å². The number of aromatic amines is 1. The van der Waals surface area contributed by atoms with Crippen LogP contribution in [-0.2, 0) is 4.84 Å². The number of nitrogens with one attached hydrogen (secondary N) is 1. The van der Waals surface area contributed by atoms with Gasteiger partial charge in [0.1, 0.15) is 5.60 Å². The fourth-order valence-corrected chi connectivity index (χ4v) is 4.02. The second-order valence-corrected chi connectivity index (χ2v) is 7.68. The second-order valence-electron chi connectivity index (χ2n) is 7.68. The zero-order chi connectivity index (χ0) is 17.0. The molecule has 1 aromatic heterocycles. The van der Waals surface area contributed by atoms with Gasteiger partial charge in [-0.2, -0.15) is 5.10 Å². The topological polar surface area (TPSA) is 70.6 Å². The summed E-state index contributed by atoms with van der Waals surface area (Å²) < 4.78 is 0. The smallest absolute Gasteiger partial charge is 0.253 e. The van der Waals surface area contributed by atoms with Crippen molar-refractivity contribution in [2.75, 3.05) is 13.1 Å². The molecule has 2 aliphatic heterocycles. The molecule has 2 aromatic rings. The third-order valence-corrected chi connectivity index (χ3v) is 5.86. The Kier molecular flexibility index (Phi) is 3.17. The molecule has 1 amide bonds. The molecule has 130 valence electrons. The quantitative estimate of drug-likeness (QED) is 0.915. The zero-order valence-corrected chi connectivity index (χ0v) is 14.4. The van der Waals surface area contributed by atoms with Crippen LogP contribution in [0.15, 0.2) is 23.4 Å². The molecule has 0 radical (unpaired) electrons. The average molecular weight is 338 g/mol. The van der Waals surface area contributed by atoms with Crippen molar-refractivity contribution in [1.29, 1.82) is 0 Å². The number of aryl methyl sites for hydroxylation is 1. The molecule has 1 N–H and O–H groups in total. The maximum absolute atomic E-state index is 12.9. The predicted octanol–water partition coefficient (Wildman–Crippen LogP) is 3.03. The highest BCUT2D eigenvalue weighted by molar-refractivity contribution is 5.98. The lowest BCUT2D eigenvalue weighted by atomic mass is 9.86. The van der Waals surface area contributed by atoms with Crippen molar-refractivity contribution in [2.24, 2.45) is 11.1 Å². The van der Waals surface area contributed by atoms with Gasteiger partial charge in [-0.3, -0.25) is 9.89 Å². The normalized spacial score (nSPS) is 22.3. The van der Waals surface area contributed by atoms with Crippen LogP contribution in [0.5, 0.6) is 0 Å². The van der Waals surface area contributed by atoms with Crippen LogP contribution >= 0.6 is 0 Å². The Morgan fingerprint density at radius 3 is 2.88 bits per heavy atom. The van der Waals surface area contributed by atoms with Gasteiger partial charge in [0.15, 0.2) is 0 Å². The number of amides is 1. The standard InChI is InChI=1S/C19H22N4O2/c1-12-15-10-14(4-5-16(15)21-20-12)18(24)23-8-6-19(7-9-23)11-17(22-25-19)13-2-3-13/h4-5,10,13H,2-3,6-9,11H2,1H3,(H,20,21). The number of benzene rings is 1. The molecule has 3 heterocycles. The maximum Gasteiger partial charge on any atom is 0.253 e. The van der Waals surface area contributed by atoms with Crippen molar-refractivity contribution in [3.8, 4) is 0 Å². The van der Waals surface area contributed by atoms with E-state index in [0.29, 0.717) is 5.92 Å². The molecule has 6 heteroatoms. The Morgan fingerprint density at radius 1 is 1.32 bits per heavy atom. The number of hydrogen-bond acceptors (Lipinski definition) is 4. The van der Waals surface area contributed by atoms with E-state index in [9.17, 15) is 4.79 Å². The Balaban J connectivity index is 1.28. The minimum absolute atomic E-state index is 0.0960. The van der Waals surface area contributed by atoms with Gasteiger partial charge in [0.05, 0.1) is 11.2 Å². The van der Waals surface area contributed by atoms with Crippen LogP contribution in [0.2, 0.25) is 0 Å². The van der Waals surface area contributed by atoms with Crippen LogP contribution in [-0.4, -0.2) is 45.4 Å². The van der Waals surface area contributed by atoms with E-state index in [1.807, 2.05) is 30.0 Å². The van der Waals surface area contributed by atoms with Gasteiger partial charge in [-0.1, -0.05) is 5.16 Å². The Morgan fingerprint density at radius 2 is 2.12 bits per heavy atom. The minimum Gasteiger partial charge on any atom is -0.389 e. The van der Waals surface area contributed by atoms with Crippen LogP contribution in [0.25, 0.3) is 10.9 Å². The fourth-order valence-electron chi connectivity index (χ4n) is 4.02. The van der Waals surface area contributed by atoms with E-state index in [1.54, 1.807) is 0 Å². The molecule has 1 aromatic carbocycles. The first kappa shape index (κ1) is 14.9. The van der Waals surface area contributed by atoms with Crippen molar-refractivity contribution in [2.45, 2.75) is 44.6 Å². The summed E-state index contributed by atoms with van der Waals surface area (Å²) in [5.74, 6) is 0.766. The molecule has 1 spiro atoms. The van der Waals surface area contributed by atoms with Crippen molar-refractivity contribution >= 4 is 22.5 Å². The maximum atomic E-state index is 12.9. The number of nitrogens with zero attached hydrogens (tertiary/aromatic N) is 3. The molecule has 1 aliphatic carbocycles. The Bertz CT molecular complexity index is 873. The zero-order valence-electron chi connectivity index (χ0n) is 14.4. The summed E-state index contributed by atoms with van der Waals surface area (Å²) in [6.45, 7) is 3.44. The number of carbonyl (C=O) groups excluding carboxylic acids is 1. The highest BCUT2D eigenvalue weighted by Crippen LogP contribution is 2.42. The van der Waals surface area contributed by atoms with Crippen molar-refractivity contribution in [1.82, 2.24) is 15.1 Å². The predicted molar refractivity (Wildman–Crippen MR) is 94.6 cm³/mol. The summed E-state index contributed by atoms with van der Waals surface area (Å²) in [6, 6.07) is 5.73. The van der Waals surface area contributed by atoms with E-state index in [1.165, 1.54) is 18.6 Å². The molecular formula is C19H22N4O2. The summed E-state index contributed by atoms with van der Waals surface area (Å²) in [5.41, 5.74) is 3.72. The molecule has 0 bridgehead atoms. The summed E-state index contributed by atoms with van der Waals surface area (Å²) in [4.78, 5) is 20.7. The molecule has 1 saturated heterocycles. The number of aromatic nitrogens is 2. The van der Waals surface area contributed by atoms with E-state index in [2.05, 4.69) is 15.4 Å². The Hall–Kier alpha value is -2.37. The number of rotatable bonds is 2. The second kappa shape index (κ2) is 5.31. The van der Waals surface area contributed by atoms with Crippen LogP contribution in [0.4, 0.5) is 0 Å². The molecule has 25 heavy (non-hydrogen) atoms. The molecule has 5 rings (SSSR count). The summed E-state index contributed by atoms with van der Waals surface area (Å²) in [5, 5.41) is 12.6. The summed E-state index contributed by atoms with van der Waals surface area (Å²) in [6.07, 6.45) is 5.22. The van der Waals surface area contributed by atoms with E-state index < -0.39 is 0 Å². The Labute approximate surface area is 146 Å². The first-order valence-corrected chi connectivity index (χ1v) is 9.13. The van der Waals surface area contributed by atoms with Gasteiger partial charge in [-0.15, -0.1) is 0 Å². The fraction of sp³-hybridized carbons (Fsp3) is 0.526. The van der Waals surface area contributed by atoms with Gasteiger partial charge in [-0.05, 0) is 38.0 Å². The van der Waals surface area contributed by atoms with E-state index in [4.69, 9.17) is 4.84 Å². The van der Waals surface area contributed by atoms with Gasteiger partial charge in [0.25, 0.3) is 5.91 Å². The molecule has 3 aliphatic rings. The van der Waals surface area contributed by atoms with E-state index >= 15 is 0 Å². The minimum atomic E-state index is -0.153. The molecule has 2 fully saturated rings. The lowest BCUT2D eigenvalue weighted by molar-refractivity contribution is -0.0568. The van der Waals surface area contributed by atoms with Crippen molar-refractivity contribution in [3.63, 3.8) is 0 Å². The third-order valence-electron chi connectivity index (χ3n) is 5.86. The molecule has 6 nitrogen and oxygen atoms in total. The van der Waals surface area contributed by atoms with E-state index in [0.717, 1.165) is 54.5 Å². The highest BCUT2D eigenvalue weighted by Gasteiger charge is 2.46. The summed E-state index contributed by atoms with van der Waals surface area (Å²) >= 11 is 0. The SMILES string of the molecule is Cc1[nH]nc2ccc(C(=O)N3CCC4(CC3)CC(C3CC3)=NO4)cc12. The first-order chi connectivity index (χ1) is 12.1. The van der Waals surface area contributed by atoms with Gasteiger partial charge >= 0.3 is 0 Å². The van der Waals surface area contributed by atoms with Gasteiger partial charge < -0.3 is 9.74 Å². The molecule has 0 unspecified atom stereocenters. The number of likely N-dealkylation sites (tertiary alicyclic amines) is 1. The number of hydrogen-bond donors (Lipinski definition) is 1. The number of carbonyl (C=O) groups is 1. The van der Waals surface area contributed by atoms with Gasteiger partial charge in [0.2, 0.25) is 0 Å². The molecule has 0 atom stereocenters. The number of fused-ring (bicyclic) bond motifs is 1. The lowest BCUT2D eigenvalue weighted by Gasteiger charge is -2.37. The van der Waals surface area contributed by atoms with Gasteiger partial charge in [-0.25, -0.2) is 0 Å². The summed E-state index contributed by atoms with van der Waals surface area (Å²) in [7, 11) is 0.